The van der Waals surface area contributed by atoms with E-state index in [9.17, 15) is 26.4 Å². The number of ketones is 1. The number of carbonyl (C=O) groups is 1. The third-order valence-corrected chi connectivity index (χ3v) is 5.16. The molecule has 0 fully saturated rings. The van der Waals surface area contributed by atoms with Crippen LogP contribution in [0.1, 0.15) is 18.4 Å². The lowest BCUT2D eigenvalue weighted by molar-refractivity contribution is -0.118. The van der Waals surface area contributed by atoms with E-state index < -0.39 is 27.4 Å². The monoisotopic (exact) mass is 375 g/mol. The van der Waals surface area contributed by atoms with Gasteiger partial charge in [-0.05, 0) is 24.6 Å². The number of ether oxygens (including phenoxy) is 1. The van der Waals surface area contributed by atoms with Crippen LogP contribution >= 0.6 is 0 Å². The Bertz CT molecular complexity index is 784. The van der Waals surface area contributed by atoms with Crippen molar-refractivity contribution in [1.29, 1.82) is 0 Å². The summed E-state index contributed by atoms with van der Waals surface area (Å²) in [6.45, 7) is 1.37. The van der Waals surface area contributed by atoms with Gasteiger partial charge in [-0.15, -0.1) is 0 Å². The largest absolute Gasteiger partial charge is 0.517 e. The minimum Gasteiger partial charge on any atom is -0.497 e. The molecular formula is C16H16F3NO4S. The van der Waals surface area contributed by atoms with Crippen molar-refractivity contribution in [2.75, 3.05) is 7.11 Å². The number of benzene rings is 1. The molecule has 25 heavy (non-hydrogen) atoms. The summed E-state index contributed by atoms with van der Waals surface area (Å²) in [5, 5.41) is 0. The van der Waals surface area contributed by atoms with E-state index in [1.54, 1.807) is 24.3 Å². The van der Waals surface area contributed by atoms with E-state index in [1.165, 1.54) is 26.2 Å². The average molecular weight is 375 g/mol. The topological polar surface area (TPSA) is 63.7 Å². The van der Waals surface area contributed by atoms with Gasteiger partial charge in [0.1, 0.15) is 11.5 Å². The van der Waals surface area contributed by atoms with E-state index in [0.717, 1.165) is 12.4 Å². The molecule has 1 aromatic rings. The number of Topliss-reactive ketones (excluding diaryl/α,β-unsaturated/α-hetero) is 1. The minimum atomic E-state index is -5.48. The number of hydrogen-bond acceptors (Lipinski definition) is 4. The average Bonchev–Trinajstić information content (AvgIpc) is 2.55. The molecule has 1 aliphatic heterocycles. The molecule has 0 saturated heterocycles. The third kappa shape index (κ3) is 3.87. The first-order valence-corrected chi connectivity index (χ1v) is 8.63. The maximum absolute atomic E-state index is 12.6. The summed E-state index contributed by atoms with van der Waals surface area (Å²) in [7, 11) is -3.98. The number of rotatable bonds is 5. The van der Waals surface area contributed by atoms with Gasteiger partial charge in [-0.2, -0.15) is 21.6 Å². The van der Waals surface area contributed by atoms with Crippen LogP contribution in [-0.4, -0.2) is 31.1 Å². The molecule has 0 spiro atoms. The molecule has 1 aliphatic rings. The van der Waals surface area contributed by atoms with Gasteiger partial charge in [-0.1, -0.05) is 24.3 Å². The second-order valence-electron chi connectivity index (χ2n) is 5.40. The zero-order valence-corrected chi connectivity index (χ0v) is 14.2. The van der Waals surface area contributed by atoms with Gasteiger partial charge in [0.25, 0.3) is 0 Å². The zero-order valence-electron chi connectivity index (χ0n) is 13.4. The van der Waals surface area contributed by atoms with Crippen LogP contribution in [0.2, 0.25) is 0 Å². The van der Waals surface area contributed by atoms with E-state index in [0.29, 0.717) is 11.3 Å². The summed E-state index contributed by atoms with van der Waals surface area (Å²) in [4.78, 5) is 12.0. The molecular weight excluding hydrogens is 359 g/mol. The fraction of sp³-hybridized carbons (Fsp3) is 0.312. The van der Waals surface area contributed by atoms with E-state index in [4.69, 9.17) is 4.74 Å². The lowest BCUT2D eigenvalue weighted by atomic mass is 9.82. The van der Waals surface area contributed by atoms with Gasteiger partial charge >= 0.3 is 15.5 Å². The fourth-order valence-corrected chi connectivity index (χ4v) is 3.22. The Kier molecular flexibility index (Phi) is 5.26. The summed E-state index contributed by atoms with van der Waals surface area (Å²) >= 11 is 0. The molecule has 136 valence electrons. The van der Waals surface area contributed by atoms with Crippen molar-refractivity contribution in [1.82, 2.24) is 4.31 Å². The third-order valence-electron chi connectivity index (χ3n) is 3.78. The van der Waals surface area contributed by atoms with Crippen LogP contribution in [0.25, 0.3) is 0 Å². The molecule has 0 amide bonds. The van der Waals surface area contributed by atoms with Gasteiger partial charge in [-0.3, -0.25) is 4.79 Å². The molecule has 9 heteroatoms. The smallest absolute Gasteiger partial charge is 0.497 e. The standard InChI is InChI=1S/C16H16F3NO4S/c1-11(21)15(12-3-5-14(24-2)6-4-12)13-7-9-20(10-8-13)25(22,23)16(17,18)19/h3-10,13,15H,1-2H3. The van der Waals surface area contributed by atoms with Crippen molar-refractivity contribution in [2.24, 2.45) is 5.92 Å². The summed E-state index contributed by atoms with van der Waals surface area (Å²) < 4.78 is 65.6. The number of halogens is 3. The van der Waals surface area contributed by atoms with Crippen molar-refractivity contribution < 1.29 is 31.1 Å². The number of methoxy groups -OCH3 is 1. The van der Waals surface area contributed by atoms with Crippen molar-refractivity contribution in [3.63, 3.8) is 0 Å². The number of sulfonamides is 1. The molecule has 0 N–H and O–H groups in total. The van der Waals surface area contributed by atoms with Crippen LogP contribution < -0.4 is 4.74 Å². The Hall–Kier alpha value is -2.29. The van der Waals surface area contributed by atoms with Gasteiger partial charge in [0.05, 0.1) is 13.0 Å². The molecule has 0 aromatic heterocycles. The number of hydrogen-bond donors (Lipinski definition) is 0. The molecule has 1 unspecified atom stereocenters. The lowest BCUT2D eigenvalue weighted by Gasteiger charge is -2.26. The first-order valence-electron chi connectivity index (χ1n) is 7.19. The molecule has 1 atom stereocenters. The van der Waals surface area contributed by atoms with Crippen LogP contribution in [0.4, 0.5) is 13.2 Å². The van der Waals surface area contributed by atoms with Crippen molar-refractivity contribution >= 4 is 15.8 Å². The lowest BCUT2D eigenvalue weighted by Crippen LogP contribution is -2.35. The molecule has 2 rings (SSSR count). The first kappa shape index (κ1) is 19.0. The van der Waals surface area contributed by atoms with E-state index >= 15 is 0 Å². The summed E-state index contributed by atoms with van der Waals surface area (Å²) in [6.07, 6.45) is 4.15. The highest BCUT2D eigenvalue weighted by Crippen LogP contribution is 2.34. The highest BCUT2D eigenvalue weighted by molar-refractivity contribution is 7.90. The van der Waals surface area contributed by atoms with Crippen molar-refractivity contribution in [2.45, 2.75) is 18.3 Å². The fourth-order valence-electron chi connectivity index (χ4n) is 2.52. The Labute approximate surface area is 143 Å². The highest BCUT2D eigenvalue weighted by Gasteiger charge is 2.49. The van der Waals surface area contributed by atoms with E-state index in [2.05, 4.69) is 0 Å². The quantitative estimate of drug-likeness (QED) is 0.793. The normalized spacial score (nSPS) is 16.8. The van der Waals surface area contributed by atoms with E-state index in [1.807, 2.05) is 0 Å². The highest BCUT2D eigenvalue weighted by atomic mass is 32.2. The maximum Gasteiger partial charge on any atom is 0.517 e. The van der Waals surface area contributed by atoms with Gasteiger partial charge < -0.3 is 4.74 Å². The number of allylic oxidation sites excluding steroid dienone is 2. The van der Waals surface area contributed by atoms with Crippen molar-refractivity contribution in [3.05, 3.63) is 54.4 Å². The van der Waals surface area contributed by atoms with Crippen LogP contribution in [0.5, 0.6) is 5.75 Å². The van der Waals surface area contributed by atoms with Crippen LogP contribution in [-0.2, 0) is 14.8 Å². The predicted molar refractivity (Wildman–Crippen MR) is 85.0 cm³/mol. The number of nitrogens with zero attached hydrogens (tertiary/aromatic N) is 1. The molecule has 0 aliphatic carbocycles. The van der Waals surface area contributed by atoms with Crippen LogP contribution in [0.15, 0.2) is 48.8 Å². The van der Waals surface area contributed by atoms with Gasteiger partial charge in [0.15, 0.2) is 0 Å². The summed E-state index contributed by atoms with van der Waals surface area (Å²) in [5.74, 6) is -0.806. The van der Waals surface area contributed by atoms with Crippen molar-refractivity contribution in [3.8, 4) is 5.75 Å². The Balaban J connectivity index is 2.27. The number of carbonyl (C=O) groups excluding carboxylic acids is 1. The Morgan fingerprint density at radius 2 is 1.68 bits per heavy atom. The molecule has 0 bridgehead atoms. The number of alkyl halides is 3. The Morgan fingerprint density at radius 1 is 1.16 bits per heavy atom. The Morgan fingerprint density at radius 3 is 2.08 bits per heavy atom. The van der Waals surface area contributed by atoms with Crippen LogP contribution in [0, 0.1) is 5.92 Å². The van der Waals surface area contributed by atoms with Gasteiger partial charge in [0, 0.05) is 18.3 Å². The molecule has 1 aromatic carbocycles. The summed E-state index contributed by atoms with van der Waals surface area (Å²) in [6, 6.07) is 6.71. The first-order chi connectivity index (χ1) is 11.6. The van der Waals surface area contributed by atoms with Gasteiger partial charge in [0.2, 0.25) is 0 Å². The zero-order chi connectivity index (χ0) is 18.8. The molecule has 5 nitrogen and oxygen atoms in total. The molecule has 0 radical (unpaired) electrons. The van der Waals surface area contributed by atoms with E-state index in [-0.39, 0.29) is 10.1 Å². The second kappa shape index (κ2) is 6.91. The maximum atomic E-state index is 12.6. The minimum absolute atomic E-state index is 0.0920. The van der Waals surface area contributed by atoms with Crippen LogP contribution in [0.3, 0.4) is 0 Å². The SMILES string of the molecule is COc1ccc(C(C(C)=O)C2C=CN(S(=O)(=O)C(F)(F)F)C=C2)cc1. The van der Waals surface area contributed by atoms with Gasteiger partial charge in [-0.25, -0.2) is 4.31 Å². The predicted octanol–water partition coefficient (Wildman–Crippen LogP) is 3.18. The summed E-state index contributed by atoms with van der Waals surface area (Å²) in [5.41, 5.74) is -4.75. The second-order valence-corrected chi connectivity index (χ2v) is 7.24. The molecule has 1 heterocycles. The molecule has 0 saturated carbocycles.